The normalized spacial score (nSPS) is 14.0. The van der Waals surface area contributed by atoms with Gasteiger partial charge in [-0.15, -0.1) is 0 Å². The Morgan fingerprint density at radius 2 is 1.57 bits per heavy atom. The van der Waals surface area contributed by atoms with Gasteiger partial charge in [0.15, 0.2) is 6.10 Å². The van der Waals surface area contributed by atoms with Gasteiger partial charge in [-0.1, -0.05) is 23.7 Å². The van der Waals surface area contributed by atoms with Crippen molar-refractivity contribution < 1.29 is 38.1 Å². The molecule has 0 aliphatic carbocycles. The van der Waals surface area contributed by atoms with Gasteiger partial charge in [0.1, 0.15) is 17.5 Å². The van der Waals surface area contributed by atoms with E-state index in [1.54, 1.807) is 47.4 Å². The first-order chi connectivity index (χ1) is 23.3. The van der Waals surface area contributed by atoms with Crippen molar-refractivity contribution in [2.45, 2.75) is 71.4 Å². The summed E-state index contributed by atoms with van der Waals surface area (Å²) >= 11 is 5.89. The summed E-state index contributed by atoms with van der Waals surface area (Å²) in [6.07, 6.45) is 0.191. The van der Waals surface area contributed by atoms with Crippen LogP contribution in [0.3, 0.4) is 0 Å². The van der Waals surface area contributed by atoms with Crippen LogP contribution in [0, 0.1) is 0 Å². The molecule has 2 N–H and O–H groups in total. The van der Waals surface area contributed by atoms with Crippen molar-refractivity contribution in [2.75, 3.05) is 32.1 Å². The summed E-state index contributed by atoms with van der Waals surface area (Å²) in [7, 11) is 1.31. The van der Waals surface area contributed by atoms with E-state index < -0.39 is 23.6 Å². The van der Waals surface area contributed by atoms with Crippen LogP contribution in [0.1, 0.15) is 72.4 Å². The SMILES string of the molecule is COC(=O)c1ccc(NCc2ccc(OC3CCN(C(=O)OC(C)(C)C)CC3)cc2)c(CNCC(=O)OC(C)C(=O)c2ccc(Cl)cc2)c1. The largest absolute Gasteiger partial charge is 0.490 e. The molecule has 1 saturated heterocycles. The fourth-order valence-corrected chi connectivity index (χ4v) is 5.28. The Morgan fingerprint density at radius 1 is 0.918 bits per heavy atom. The number of nitrogens with one attached hydrogen (secondary N) is 2. The fourth-order valence-electron chi connectivity index (χ4n) is 5.16. The zero-order valence-electron chi connectivity index (χ0n) is 28.5. The number of anilines is 1. The highest BCUT2D eigenvalue weighted by Crippen LogP contribution is 2.23. The van der Waals surface area contributed by atoms with Crippen molar-refractivity contribution in [1.82, 2.24) is 10.2 Å². The molecule has 1 unspecified atom stereocenters. The van der Waals surface area contributed by atoms with E-state index in [-0.39, 0.29) is 31.1 Å². The minimum Gasteiger partial charge on any atom is -0.490 e. The van der Waals surface area contributed by atoms with Gasteiger partial charge in [-0.25, -0.2) is 9.59 Å². The number of carbonyl (C=O) groups excluding carboxylic acids is 4. The molecule has 4 rings (SSSR count). The maximum absolute atomic E-state index is 12.6. The molecule has 3 aromatic rings. The number of esters is 2. The average Bonchev–Trinajstić information content (AvgIpc) is 3.07. The van der Waals surface area contributed by atoms with E-state index in [9.17, 15) is 19.2 Å². The van der Waals surface area contributed by atoms with Crippen molar-refractivity contribution in [3.05, 3.63) is 94.0 Å². The standard InChI is InChI=1S/C37H44ClN3O8/c1-24(34(43)26-8-11-29(38)12-9-26)47-33(42)23-39-22-28-20-27(35(44)46-5)10-15-32(28)40-21-25-6-13-30(14-7-25)48-31-16-18-41(19-17-31)36(45)49-37(2,3)4/h6-15,20,24,31,39-40H,16-19,21-23H2,1-5H3. The summed E-state index contributed by atoms with van der Waals surface area (Å²) in [5.74, 6) is -0.650. The number of hydrogen-bond acceptors (Lipinski definition) is 10. The Kier molecular flexibility index (Phi) is 13.0. The Balaban J connectivity index is 1.28. The monoisotopic (exact) mass is 693 g/mol. The molecule has 1 heterocycles. The highest BCUT2D eigenvalue weighted by atomic mass is 35.5. The van der Waals surface area contributed by atoms with E-state index >= 15 is 0 Å². The first kappa shape index (κ1) is 37.2. The lowest BCUT2D eigenvalue weighted by Crippen LogP contribution is -2.44. The van der Waals surface area contributed by atoms with Gasteiger partial charge in [-0.05, 0) is 93.4 Å². The number of likely N-dealkylation sites (tertiary alicyclic amines) is 1. The molecule has 0 saturated carbocycles. The van der Waals surface area contributed by atoms with Crippen LogP contribution in [0.25, 0.3) is 0 Å². The highest BCUT2D eigenvalue weighted by molar-refractivity contribution is 6.30. The molecule has 11 nitrogen and oxygen atoms in total. The number of halogens is 1. The van der Waals surface area contributed by atoms with Crippen molar-refractivity contribution in [2.24, 2.45) is 0 Å². The third-order valence-electron chi connectivity index (χ3n) is 7.72. The Morgan fingerprint density at radius 3 is 2.20 bits per heavy atom. The van der Waals surface area contributed by atoms with Crippen LogP contribution >= 0.6 is 11.6 Å². The number of ketones is 1. The molecule has 12 heteroatoms. The molecular weight excluding hydrogens is 650 g/mol. The predicted octanol–water partition coefficient (Wildman–Crippen LogP) is 6.42. The van der Waals surface area contributed by atoms with Gasteiger partial charge in [-0.3, -0.25) is 9.59 Å². The third-order valence-corrected chi connectivity index (χ3v) is 7.97. The lowest BCUT2D eigenvalue weighted by molar-refractivity contribution is -0.145. The zero-order chi connectivity index (χ0) is 35.6. The third kappa shape index (κ3) is 11.5. The van der Waals surface area contributed by atoms with E-state index in [1.807, 2.05) is 45.0 Å². The summed E-state index contributed by atoms with van der Waals surface area (Å²) in [5.41, 5.74) is 2.74. The Bertz CT molecular complexity index is 1600. The molecule has 0 radical (unpaired) electrons. The zero-order valence-corrected chi connectivity index (χ0v) is 29.3. The molecule has 0 spiro atoms. The summed E-state index contributed by atoms with van der Waals surface area (Å²) in [4.78, 5) is 51.4. The van der Waals surface area contributed by atoms with Crippen molar-refractivity contribution in [1.29, 1.82) is 0 Å². The number of carbonyl (C=O) groups is 4. The molecule has 1 aliphatic rings. The van der Waals surface area contributed by atoms with E-state index in [0.29, 0.717) is 35.8 Å². The molecule has 1 amide bonds. The Labute approximate surface area is 292 Å². The molecule has 3 aromatic carbocycles. The summed E-state index contributed by atoms with van der Waals surface area (Å²) in [5, 5.41) is 6.95. The van der Waals surface area contributed by atoms with Crippen molar-refractivity contribution >= 4 is 41.1 Å². The lowest BCUT2D eigenvalue weighted by Gasteiger charge is -2.33. The first-order valence-electron chi connectivity index (χ1n) is 16.2. The number of amides is 1. The smallest absolute Gasteiger partial charge is 0.410 e. The number of piperidine rings is 1. The van der Waals surface area contributed by atoms with Gasteiger partial charge in [0.25, 0.3) is 0 Å². The van der Waals surface area contributed by atoms with Crippen LogP contribution in [-0.4, -0.2) is 73.3 Å². The molecule has 1 aliphatic heterocycles. The lowest BCUT2D eigenvalue weighted by atomic mass is 10.1. The van der Waals surface area contributed by atoms with E-state index in [1.165, 1.54) is 14.0 Å². The van der Waals surface area contributed by atoms with Crippen molar-refractivity contribution in [3.63, 3.8) is 0 Å². The van der Waals surface area contributed by atoms with Gasteiger partial charge in [0.2, 0.25) is 5.78 Å². The minimum absolute atomic E-state index is 0.00973. The number of rotatable bonds is 13. The second-order valence-corrected chi connectivity index (χ2v) is 13.2. The van der Waals surface area contributed by atoms with Crippen LogP contribution in [0.2, 0.25) is 5.02 Å². The molecule has 0 aromatic heterocycles. The van der Waals surface area contributed by atoms with Gasteiger partial charge in [0, 0.05) is 55.3 Å². The first-order valence-corrected chi connectivity index (χ1v) is 16.6. The van der Waals surface area contributed by atoms with Gasteiger partial charge >= 0.3 is 18.0 Å². The van der Waals surface area contributed by atoms with E-state index in [2.05, 4.69) is 10.6 Å². The van der Waals surface area contributed by atoms with E-state index in [4.69, 9.17) is 30.5 Å². The maximum atomic E-state index is 12.6. The Hall–Kier alpha value is -4.61. The molecule has 262 valence electrons. The number of benzene rings is 3. The van der Waals surface area contributed by atoms with Gasteiger partial charge in [0.05, 0.1) is 19.2 Å². The number of hydrogen-bond donors (Lipinski definition) is 2. The number of Topliss-reactive ketones (excluding diaryl/α,β-unsaturated/α-hetero) is 1. The molecule has 1 fully saturated rings. The second-order valence-electron chi connectivity index (χ2n) is 12.8. The fraction of sp³-hybridized carbons (Fsp3) is 0.405. The molecule has 0 bridgehead atoms. The summed E-state index contributed by atoms with van der Waals surface area (Å²) < 4.78 is 21.9. The summed E-state index contributed by atoms with van der Waals surface area (Å²) in [6, 6.07) is 19.3. The summed E-state index contributed by atoms with van der Waals surface area (Å²) in [6.45, 7) is 8.83. The van der Waals surface area contributed by atoms with Crippen LogP contribution in [-0.2, 0) is 32.1 Å². The maximum Gasteiger partial charge on any atom is 0.410 e. The number of ether oxygens (including phenoxy) is 4. The molecular formula is C37H44ClN3O8. The number of nitrogens with zero attached hydrogens (tertiary/aromatic N) is 1. The molecule has 49 heavy (non-hydrogen) atoms. The predicted molar refractivity (Wildman–Crippen MR) is 186 cm³/mol. The average molecular weight is 694 g/mol. The number of methoxy groups -OCH3 is 1. The van der Waals surface area contributed by atoms with Crippen LogP contribution < -0.4 is 15.4 Å². The second kappa shape index (κ2) is 17.2. The molecule has 1 atom stereocenters. The van der Waals surface area contributed by atoms with Gasteiger partial charge < -0.3 is 34.5 Å². The topological polar surface area (TPSA) is 133 Å². The quantitative estimate of drug-likeness (QED) is 0.117. The van der Waals surface area contributed by atoms with E-state index in [0.717, 1.165) is 35.4 Å². The van der Waals surface area contributed by atoms with Crippen molar-refractivity contribution in [3.8, 4) is 5.75 Å². The van der Waals surface area contributed by atoms with Crippen LogP contribution in [0.4, 0.5) is 10.5 Å². The highest BCUT2D eigenvalue weighted by Gasteiger charge is 2.27. The van der Waals surface area contributed by atoms with Crippen LogP contribution in [0.15, 0.2) is 66.7 Å². The minimum atomic E-state index is -0.968. The van der Waals surface area contributed by atoms with Gasteiger partial charge in [-0.2, -0.15) is 0 Å². The van der Waals surface area contributed by atoms with Crippen LogP contribution in [0.5, 0.6) is 5.75 Å².